The first-order valence-electron chi connectivity index (χ1n) is 3.68. The van der Waals surface area contributed by atoms with Crippen molar-refractivity contribution in [1.82, 2.24) is 0 Å². The average molecular weight is 240 g/mol. The van der Waals surface area contributed by atoms with E-state index in [4.69, 9.17) is 39.5 Å². The minimum atomic E-state index is 0.475. The molecule has 0 N–H and O–H groups in total. The molecule has 1 rings (SSSR count). The molecule has 0 aliphatic rings. The number of rotatable bonds is 1. The zero-order valence-electron chi connectivity index (χ0n) is 7.54. The highest BCUT2D eigenvalue weighted by atomic mass is 35.5. The highest BCUT2D eigenvalue weighted by Gasteiger charge is 2.16. The quantitative estimate of drug-likeness (QED) is 0.711. The summed E-state index contributed by atoms with van der Waals surface area (Å²) in [6.45, 7) is 3.66. The molecule has 0 saturated heterocycles. The zero-order valence-corrected chi connectivity index (χ0v) is 9.81. The molecule has 0 aromatic heterocycles. The molecule has 0 amide bonds. The summed E-state index contributed by atoms with van der Waals surface area (Å²) in [6.07, 6.45) is 0. The third-order valence-electron chi connectivity index (χ3n) is 1.92. The molecule has 4 heteroatoms. The summed E-state index contributed by atoms with van der Waals surface area (Å²) in [5.41, 5.74) is 1.59. The molecule has 0 spiro atoms. The molecule has 0 unspecified atom stereocenters. The highest BCUT2D eigenvalue weighted by molar-refractivity contribution is 6.42. The summed E-state index contributed by atoms with van der Waals surface area (Å²) in [7, 11) is 1.53. The fourth-order valence-corrected chi connectivity index (χ4v) is 1.96. The molecule has 0 fully saturated rings. The Morgan fingerprint density at radius 2 is 1.23 bits per heavy atom. The molecule has 0 atom stereocenters. The molecule has 0 radical (unpaired) electrons. The van der Waals surface area contributed by atoms with Crippen LogP contribution >= 0.6 is 34.8 Å². The molecule has 0 aliphatic heterocycles. The van der Waals surface area contributed by atoms with Crippen molar-refractivity contribution in [3.05, 3.63) is 26.2 Å². The first kappa shape index (κ1) is 11.0. The third-order valence-corrected chi connectivity index (χ3v) is 3.40. The number of halogens is 3. The number of hydrogen-bond acceptors (Lipinski definition) is 1. The van der Waals surface area contributed by atoms with Gasteiger partial charge >= 0.3 is 0 Å². The summed E-state index contributed by atoms with van der Waals surface area (Å²) in [6, 6.07) is 0. The Morgan fingerprint density at radius 3 is 1.54 bits per heavy atom. The lowest BCUT2D eigenvalue weighted by Crippen LogP contribution is -1.92. The van der Waals surface area contributed by atoms with Crippen molar-refractivity contribution in [2.75, 3.05) is 7.11 Å². The first-order chi connectivity index (χ1) is 6.00. The lowest BCUT2D eigenvalue weighted by molar-refractivity contribution is 0.414. The second-order valence-corrected chi connectivity index (χ2v) is 3.86. The van der Waals surface area contributed by atoms with Gasteiger partial charge in [0.2, 0.25) is 0 Å². The summed E-state index contributed by atoms with van der Waals surface area (Å²) < 4.78 is 5.07. The fraction of sp³-hybridized carbons (Fsp3) is 0.333. The molecule has 0 bridgehead atoms. The summed E-state index contributed by atoms with van der Waals surface area (Å²) in [5, 5.41) is 1.54. The van der Waals surface area contributed by atoms with Crippen LogP contribution in [0.25, 0.3) is 0 Å². The molecule has 72 valence electrons. The fourth-order valence-electron chi connectivity index (χ4n) is 1.09. The summed E-state index contributed by atoms with van der Waals surface area (Å²) >= 11 is 18.0. The van der Waals surface area contributed by atoms with Crippen LogP contribution in [0, 0.1) is 13.8 Å². The number of benzene rings is 1. The van der Waals surface area contributed by atoms with Gasteiger partial charge in [0.25, 0.3) is 0 Å². The second kappa shape index (κ2) is 3.95. The lowest BCUT2D eigenvalue weighted by atomic mass is 10.1. The molecule has 1 aromatic carbocycles. The topological polar surface area (TPSA) is 9.23 Å². The maximum absolute atomic E-state index is 5.99. The maximum Gasteiger partial charge on any atom is 0.156 e. The van der Waals surface area contributed by atoms with Crippen molar-refractivity contribution in [2.24, 2.45) is 0 Å². The van der Waals surface area contributed by atoms with E-state index in [0.717, 1.165) is 11.1 Å². The van der Waals surface area contributed by atoms with Gasteiger partial charge in [-0.2, -0.15) is 0 Å². The van der Waals surface area contributed by atoms with Gasteiger partial charge in [-0.25, -0.2) is 0 Å². The molecule has 0 saturated carbocycles. The number of hydrogen-bond donors (Lipinski definition) is 0. The zero-order chi connectivity index (χ0) is 10.2. The van der Waals surface area contributed by atoms with E-state index < -0.39 is 0 Å². The molecule has 1 aromatic rings. The Bertz CT molecular complexity index is 318. The van der Waals surface area contributed by atoms with Gasteiger partial charge in [-0.05, 0) is 25.0 Å². The van der Waals surface area contributed by atoms with Crippen molar-refractivity contribution in [1.29, 1.82) is 0 Å². The van der Waals surface area contributed by atoms with E-state index in [0.29, 0.717) is 20.8 Å². The van der Waals surface area contributed by atoms with Gasteiger partial charge in [0.05, 0.1) is 17.2 Å². The Morgan fingerprint density at radius 1 is 0.846 bits per heavy atom. The van der Waals surface area contributed by atoms with Crippen molar-refractivity contribution in [2.45, 2.75) is 13.8 Å². The molecule has 13 heavy (non-hydrogen) atoms. The predicted octanol–water partition coefficient (Wildman–Crippen LogP) is 4.27. The van der Waals surface area contributed by atoms with Gasteiger partial charge in [0, 0.05) is 5.02 Å². The van der Waals surface area contributed by atoms with Gasteiger partial charge in [0.1, 0.15) is 0 Å². The minimum Gasteiger partial charge on any atom is -0.494 e. The van der Waals surface area contributed by atoms with E-state index in [2.05, 4.69) is 0 Å². The SMILES string of the molecule is COc1c(Cl)c(C)c(Cl)c(C)c1Cl. The van der Waals surface area contributed by atoms with Crippen molar-refractivity contribution >= 4 is 34.8 Å². The first-order valence-corrected chi connectivity index (χ1v) is 4.81. The highest BCUT2D eigenvalue weighted by Crippen LogP contribution is 2.42. The Kier molecular flexibility index (Phi) is 3.33. The van der Waals surface area contributed by atoms with E-state index in [1.165, 1.54) is 7.11 Å². The summed E-state index contributed by atoms with van der Waals surface area (Å²) in [5.74, 6) is 0.489. The molecule has 0 aliphatic carbocycles. The lowest BCUT2D eigenvalue weighted by Gasteiger charge is -2.12. The van der Waals surface area contributed by atoms with Crippen LogP contribution in [0.2, 0.25) is 15.1 Å². The normalized spacial score (nSPS) is 10.3. The molecule has 0 heterocycles. The van der Waals surface area contributed by atoms with E-state index in [9.17, 15) is 0 Å². The van der Waals surface area contributed by atoms with Gasteiger partial charge in [-0.3, -0.25) is 0 Å². The van der Waals surface area contributed by atoms with Crippen LogP contribution in [0.4, 0.5) is 0 Å². The van der Waals surface area contributed by atoms with Crippen LogP contribution in [0.5, 0.6) is 5.75 Å². The van der Waals surface area contributed by atoms with Crippen LogP contribution in [-0.4, -0.2) is 7.11 Å². The van der Waals surface area contributed by atoms with Crippen molar-refractivity contribution < 1.29 is 4.74 Å². The minimum absolute atomic E-state index is 0.475. The van der Waals surface area contributed by atoms with E-state index in [1.54, 1.807) is 0 Å². The third kappa shape index (κ3) is 1.74. The van der Waals surface area contributed by atoms with Crippen LogP contribution in [-0.2, 0) is 0 Å². The smallest absolute Gasteiger partial charge is 0.156 e. The Labute approximate surface area is 92.5 Å². The average Bonchev–Trinajstić information content (AvgIpc) is 2.13. The van der Waals surface area contributed by atoms with Crippen LogP contribution in [0.15, 0.2) is 0 Å². The van der Waals surface area contributed by atoms with Crippen molar-refractivity contribution in [3.8, 4) is 5.75 Å². The van der Waals surface area contributed by atoms with Crippen LogP contribution in [0.3, 0.4) is 0 Å². The van der Waals surface area contributed by atoms with Crippen LogP contribution in [0.1, 0.15) is 11.1 Å². The predicted molar refractivity (Wildman–Crippen MR) is 57.5 cm³/mol. The Balaban J connectivity index is 3.56. The van der Waals surface area contributed by atoms with Gasteiger partial charge < -0.3 is 4.74 Å². The van der Waals surface area contributed by atoms with Gasteiger partial charge in [-0.1, -0.05) is 34.8 Å². The van der Waals surface area contributed by atoms with Gasteiger partial charge in [0.15, 0.2) is 5.75 Å². The summed E-state index contributed by atoms with van der Waals surface area (Å²) in [4.78, 5) is 0. The van der Waals surface area contributed by atoms with E-state index >= 15 is 0 Å². The second-order valence-electron chi connectivity index (χ2n) is 2.73. The van der Waals surface area contributed by atoms with E-state index in [-0.39, 0.29) is 0 Å². The largest absolute Gasteiger partial charge is 0.494 e. The Hall–Kier alpha value is -0.110. The number of methoxy groups -OCH3 is 1. The molecular weight excluding hydrogens is 230 g/mol. The van der Waals surface area contributed by atoms with Gasteiger partial charge in [-0.15, -0.1) is 0 Å². The number of ether oxygens (including phenoxy) is 1. The van der Waals surface area contributed by atoms with E-state index in [1.807, 2.05) is 13.8 Å². The monoisotopic (exact) mass is 238 g/mol. The standard InChI is InChI=1S/C9H9Cl3O/c1-4-6(10)5(2)8(12)9(13-3)7(4)11/h1-3H3. The maximum atomic E-state index is 5.99. The van der Waals surface area contributed by atoms with Crippen LogP contribution < -0.4 is 4.74 Å². The molecule has 1 nitrogen and oxygen atoms in total. The van der Waals surface area contributed by atoms with Crippen molar-refractivity contribution in [3.63, 3.8) is 0 Å². The molecular formula is C9H9Cl3O.